The van der Waals surface area contributed by atoms with Crippen LogP contribution in [0.2, 0.25) is 5.02 Å². The lowest BCUT2D eigenvalue weighted by molar-refractivity contribution is -0.139. The Morgan fingerprint density at radius 1 is 0.969 bits per heavy atom. The summed E-state index contributed by atoms with van der Waals surface area (Å²) in [6.45, 7) is 6.14. The van der Waals surface area contributed by atoms with Crippen LogP contribution in [0, 0.1) is 11.7 Å². The summed E-state index contributed by atoms with van der Waals surface area (Å²) in [5.74, 6) is -0.551. The van der Waals surface area contributed by atoms with Crippen LogP contribution in [0.15, 0.2) is 48.5 Å². The highest BCUT2D eigenvalue weighted by molar-refractivity contribution is 6.31. The van der Waals surface area contributed by atoms with Crippen LogP contribution in [0.25, 0.3) is 0 Å². The summed E-state index contributed by atoms with van der Waals surface area (Å²) in [6.07, 6.45) is 1.59. The largest absolute Gasteiger partial charge is 0.340 e. The van der Waals surface area contributed by atoms with E-state index in [-0.39, 0.29) is 29.6 Å². The van der Waals surface area contributed by atoms with Crippen molar-refractivity contribution in [1.29, 1.82) is 0 Å². The minimum absolute atomic E-state index is 0.131. The third-order valence-corrected chi connectivity index (χ3v) is 7.02. The van der Waals surface area contributed by atoms with Gasteiger partial charge in [0.25, 0.3) is 5.91 Å². The van der Waals surface area contributed by atoms with E-state index in [0.717, 1.165) is 36.5 Å². The first-order chi connectivity index (χ1) is 15.4. The molecule has 0 bridgehead atoms. The number of piperazine rings is 1. The number of carbonyl (C=O) groups is 2. The number of hydrogen-bond acceptors (Lipinski definition) is 3. The van der Waals surface area contributed by atoms with Crippen molar-refractivity contribution in [3.05, 3.63) is 70.5 Å². The fourth-order valence-corrected chi connectivity index (χ4v) is 5.03. The van der Waals surface area contributed by atoms with Crippen LogP contribution in [0.3, 0.4) is 0 Å². The van der Waals surface area contributed by atoms with Crippen molar-refractivity contribution >= 4 is 23.4 Å². The summed E-state index contributed by atoms with van der Waals surface area (Å²) < 4.78 is 13.2. The van der Waals surface area contributed by atoms with E-state index >= 15 is 0 Å². The molecule has 2 amide bonds. The van der Waals surface area contributed by atoms with Crippen LogP contribution >= 0.6 is 11.6 Å². The first-order valence-electron chi connectivity index (χ1n) is 11.3. The van der Waals surface area contributed by atoms with Gasteiger partial charge in [-0.25, -0.2) is 4.39 Å². The molecular formula is C25H29ClFN3O2. The molecule has 170 valence electrons. The Balaban J connectivity index is 1.33. The molecule has 4 rings (SSSR count). The molecule has 0 spiro atoms. The van der Waals surface area contributed by atoms with E-state index in [1.165, 1.54) is 24.3 Å². The lowest BCUT2D eigenvalue weighted by Gasteiger charge is -2.41. The number of halogens is 2. The quantitative estimate of drug-likeness (QED) is 0.689. The van der Waals surface area contributed by atoms with E-state index in [2.05, 4.69) is 17.9 Å². The van der Waals surface area contributed by atoms with Gasteiger partial charge in [0.05, 0.1) is 5.92 Å². The van der Waals surface area contributed by atoms with Crippen molar-refractivity contribution < 1.29 is 14.0 Å². The van der Waals surface area contributed by atoms with Crippen molar-refractivity contribution in [3.63, 3.8) is 0 Å². The summed E-state index contributed by atoms with van der Waals surface area (Å²) in [5, 5.41) is 0.770. The molecule has 2 aliphatic heterocycles. The minimum atomic E-state index is -0.365. The summed E-state index contributed by atoms with van der Waals surface area (Å²) in [4.78, 5) is 32.0. The highest BCUT2D eigenvalue weighted by Gasteiger charge is 2.33. The Morgan fingerprint density at radius 2 is 1.66 bits per heavy atom. The van der Waals surface area contributed by atoms with Gasteiger partial charge in [-0.15, -0.1) is 0 Å². The number of amides is 2. The van der Waals surface area contributed by atoms with Crippen LogP contribution in [0.4, 0.5) is 4.39 Å². The Kier molecular flexibility index (Phi) is 7.11. The predicted molar refractivity (Wildman–Crippen MR) is 123 cm³/mol. The maximum Gasteiger partial charge on any atom is 0.253 e. The molecule has 0 aromatic heterocycles. The molecule has 2 saturated heterocycles. The topological polar surface area (TPSA) is 43.9 Å². The maximum atomic E-state index is 13.2. The molecule has 2 fully saturated rings. The van der Waals surface area contributed by atoms with Gasteiger partial charge in [-0.2, -0.15) is 0 Å². The molecule has 32 heavy (non-hydrogen) atoms. The zero-order chi connectivity index (χ0) is 22.7. The molecule has 2 aromatic rings. The van der Waals surface area contributed by atoms with Gasteiger partial charge < -0.3 is 9.80 Å². The molecule has 0 radical (unpaired) electrons. The first-order valence-corrected chi connectivity index (χ1v) is 11.6. The van der Waals surface area contributed by atoms with Crippen LogP contribution < -0.4 is 0 Å². The van der Waals surface area contributed by atoms with Gasteiger partial charge in [-0.3, -0.25) is 14.5 Å². The molecule has 2 atom stereocenters. The van der Waals surface area contributed by atoms with Crippen LogP contribution in [0.1, 0.15) is 41.7 Å². The normalized spacial score (nSPS) is 20.8. The van der Waals surface area contributed by atoms with Gasteiger partial charge in [0, 0.05) is 55.9 Å². The number of benzene rings is 2. The minimum Gasteiger partial charge on any atom is -0.340 e. The fraction of sp³-hybridized carbons (Fsp3) is 0.440. The monoisotopic (exact) mass is 457 g/mol. The molecule has 0 aliphatic carbocycles. The number of carbonyl (C=O) groups excluding carboxylic acids is 2. The summed E-state index contributed by atoms with van der Waals surface area (Å²) in [5.41, 5.74) is 1.57. The SMILES string of the molecule is CC(c1ccccc1Cl)N1CCN(C(=O)C2CCCN(C(=O)c3ccc(F)cc3)C2)CC1. The Labute approximate surface area is 193 Å². The van der Waals surface area contributed by atoms with E-state index < -0.39 is 0 Å². The number of hydrogen-bond donors (Lipinski definition) is 0. The Hall–Kier alpha value is -2.44. The zero-order valence-corrected chi connectivity index (χ0v) is 19.1. The van der Waals surface area contributed by atoms with Gasteiger partial charge in [0.2, 0.25) is 5.91 Å². The lowest BCUT2D eigenvalue weighted by Crippen LogP contribution is -2.53. The fourth-order valence-electron chi connectivity index (χ4n) is 4.74. The number of nitrogens with zero attached hydrogens (tertiary/aromatic N) is 3. The van der Waals surface area contributed by atoms with Gasteiger partial charge in [-0.05, 0) is 55.7 Å². The molecule has 2 aliphatic rings. The zero-order valence-electron chi connectivity index (χ0n) is 18.3. The average molecular weight is 458 g/mol. The molecule has 2 unspecified atom stereocenters. The van der Waals surface area contributed by atoms with Crippen molar-refractivity contribution in [2.24, 2.45) is 5.92 Å². The summed E-state index contributed by atoms with van der Waals surface area (Å²) in [7, 11) is 0. The van der Waals surface area contributed by atoms with Crippen LogP contribution in [-0.4, -0.2) is 65.8 Å². The molecule has 2 aromatic carbocycles. The second-order valence-corrected chi connectivity index (χ2v) is 9.06. The molecule has 0 saturated carbocycles. The van der Waals surface area contributed by atoms with Gasteiger partial charge in [-0.1, -0.05) is 29.8 Å². The molecule has 0 N–H and O–H groups in total. The van der Waals surface area contributed by atoms with Crippen molar-refractivity contribution in [3.8, 4) is 0 Å². The predicted octanol–water partition coefficient (Wildman–Crippen LogP) is 4.24. The van der Waals surface area contributed by atoms with Crippen molar-refractivity contribution in [2.75, 3.05) is 39.3 Å². The number of piperidine rings is 1. The third-order valence-electron chi connectivity index (χ3n) is 6.68. The molecule has 2 heterocycles. The second kappa shape index (κ2) is 10.0. The van der Waals surface area contributed by atoms with E-state index in [0.29, 0.717) is 31.7 Å². The van der Waals surface area contributed by atoms with Crippen LogP contribution in [0.5, 0.6) is 0 Å². The molecular weight excluding hydrogens is 429 g/mol. The molecule has 7 heteroatoms. The van der Waals surface area contributed by atoms with Crippen molar-refractivity contribution in [1.82, 2.24) is 14.7 Å². The second-order valence-electron chi connectivity index (χ2n) is 8.66. The van der Waals surface area contributed by atoms with E-state index in [1.807, 2.05) is 23.1 Å². The summed E-state index contributed by atoms with van der Waals surface area (Å²) >= 11 is 6.37. The van der Waals surface area contributed by atoms with Gasteiger partial charge in [0.1, 0.15) is 5.82 Å². The summed E-state index contributed by atoms with van der Waals surface area (Å²) in [6, 6.07) is 13.7. The third kappa shape index (κ3) is 4.97. The maximum absolute atomic E-state index is 13.2. The average Bonchev–Trinajstić information content (AvgIpc) is 2.84. The van der Waals surface area contributed by atoms with Crippen molar-refractivity contribution in [2.45, 2.75) is 25.8 Å². The Morgan fingerprint density at radius 3 is 2.34 bits per heavy atom. The van der Waals surface area contributed by atoms with E-state index in [9.17, 15) is 14.0 Å². The highest BCUT2D eigenvalue weighted by Crippen LogP contribution is 2.28. The first kappa shape index (κ1) is 22.7. The number of likely N-dealkylation sites (tertiary alicyclic amines) is 1. The van der Waals surface area contributed by atoms with E-state index in [1.54, 1.807) is 4.90 Å². The van der Waals surface area contributed by atoms with Gasteiger partial charge in [0.15, 0.2) is 0 Å². The molecule has 5 nitrogen and oxygen atoms in total. The smallest absolute Gasteiger partial charge is 0.253 e. The van der Waals surface area contributed by atoms with Gasteiger partial charge >= 0.3 is 0 Å². The van der Waals surface area contributed by atoms with Crippen LogP contribution in [-0.2, 0) is 4.79 Å². The lowest BCUT2D eigenvalue weighted by atomic mass is 9.95. The Bertz CT molecular complexity index is 960. The standard InChI is InChI=1S/C25H29ClFN3O2/c1-18(22-6-2-3-7-23(22)26)28-13-15-29(16-14-28)25(32)20-5-4-12-30(17-20)24(31)19-8-10-21(27)11-9-19/h2-3,6-11,18,20H,4-5,12-17H2,1H3. The highest BCUT2D eigenvalue weighted by atomic mass is 35.5. The number of rotatable bonds is 4. The van der Waals surface area contributed by atoms with E-state index in [4.69, 9.17) is 11.6 Å².